The first-order valence-corrected chi connectivity index (χ1v) is 12.6. The van der Waals surface area contributed by atoms with E-state index >= 15 is 0 Å². The number of hydrogen-bond acceptors (Lipinski definition) is 7. The van der Waals surface area contributed by atoms with Crippen LogP contribution in [0.25, 0.3) is 0 Å². The Morgan fingerprint density at radius 2 is 1.72 bits per heavy atom. The first-order chi connectivity index (χ1) is 15.3. The molecule has 0 aliphatic carbocycles. The van der Waals surface area contributed by atoms with Crippen LogP contribution in [0.3, 0.4) is 0 Å². The number of hydrogen-bond donors (Lipinski definition) is 0. The second-order valence-electron chi connectivity index (χ2n) is 7.70. The van der Waals surface area contributed by atoms with Crippen molar-refractivity contribution in [3.05, 3.63) is 35.9 Å². The summed E-state index contributed by atoms with van der Waals surface area (Å²) in [6, 6.07) is 9.23. The first-order valence-electron chi connectivity index (χ1n) is 11.0. The van der Waals surface area contributed by atoms with Crippen molar-refractivity contribution in [1.82, 2.24) is 9.37 Å². The molecule has 0 saturated carbocycles. The molecule has 2 amide bonds. The summed E-state index contributed by atoms with van der Waals surface area (Å²) in [7, 11) is -3.75. The predicted molar refractivity (Wildman–Crippen MR) is 118 cm³/mol. The van der Waals surface area contributed by atoms with Crippen molar-refractivity contribution in [2.75, 3.05) is 12.3 Å². The lowest BCUT2D eigenvalue weighted by Crippen LogP contribution is -2.39. The van der Waals surface area contributed by atoms with Crippen LogP contribution in [0.15, 0.2) is 30.3 Å². The van der Waals surface area contributed by atoms with Gasteiger partial charge < -0.3 is 4.74 Å². The van der Waals surface area contributed by atoms with E-state index in [0.29, 0.717) is 17.9 Å². The molecule has 1 heterocycles. The number of rotatable bonds is 13. The molecule has 0 aromatic heterocycles. The Labute approximate surface area is 189 Å². The van der Waals surface area contributed by atoms with Gasteiger partial charge in [-0.15, -0.1) is 0 Å². The molecule has 1 aliphatic heterocycles. The second kappa shape index (κ2) is 12.5. The van der Waals surface area contributed by atoms with Crippen LogP contribution in [0.4, 0.5) is 4.79 Å². The maximum Gasteiger partial charge on any atom is 0.534 e. The summed E-state index contributed by atoms with van der Waals surface area (Å²) in [6.45, 7) is 4.28. The van der Waals surface area contributed by atoms with Gasteiger partial charge in [-0.05, 0) is 18.4 Å². The summed E-state index contributed by atoms with van der Waals surface area (Å²) in [4.78, 5) is 40.3. The van der Waals surface area contributed by atoms with Gasteiger partial charge in [0, 0.05) is 25.9 Å². The average Bonchev–Trinajstić information content (AvgIpc) is 3.07. The number of amides is 2. The lowest BCUT2D eigenvalue weighted by molar-refractivity contribution is -0.178. The molecule has 32 heavy (non-hydrogen) atoms. The van der Waals surface area contributed by atoms with Crippen LogP contribution < -0.4 is 0 Å². The van der Waals surface area contributed by atoms with Crippen molar-refractivity contribution in [3.63, 3.8) is 0 Å². The number of benzene rings is 1. The lowest BCUT2D eigenvalue weighted by atomic mass is 10.1. The second-order valence-corrected chi connectivity index (χ2v) is 9.72. The molecule has 0 N–H and O–H groups in total. The van der Waals surface area contributed by atoms with Crippen LogP contribution in [0.2, 0.25) is 0 Å². The third-order valence-corrected chi connectivity index (χ3v) is 7.13. The molecule has 0 radical (unpaired) electrons. The minimum atomic E-state index is -3.75. The Balaban J connectivity index is 2.05. The maximum absolute atomic E-state index is 13.1. The molecule has 1 aromatic carbocycles. The molecule has 1 aliphatic rings. The lowest BCUT2D eigenvalue weighted by Gasteiger charge is -2.24. The summed E-state index contributed by atoms with van der Waals surface area (Å²) < 4.78 is 32.7. The van der Waals surface area contributed by atoms with Crippen LogP contribution in [0.5, 0.6) is 0 Å². The van der Waals surface area contributed by atoms with E-state index in [1.807, 2.05) is 30.3 Å². The summed E-state index contributed by atoms with van der Waals surface area (Å²) in [5.74, 6) is -1.66. The molecule has 178 valence electrons. The van der Waals surface area contributed by atoms with Gasteiger partial charge in [-0.25, -0.2) is 13.2 Å². The Bertz CT molecular complexity index is 858. The van der Waals surface area contributed by atoms with Crippen LogP contribution in [0, 0.1) is 0 Å². The SMILES string of the molecule is CCCCCCC(CS(=O)(=O)N(CC)Cc1ccccc1)OC(=O)ON1C(=O)CCC1=O. The van der Waals surface area contributed by atoms with E-state index in [0.717, 1.165) is 24.8 Å². The summed E-state index contributed by atoms with van der Waals surface area (Å²) >= 11 is 0. The van der Waals surface area contributed by atoms with E-state index in [2.05, 4.69) is 6.92 Å². The Kier molecular flexibility index (Phi) is 10.1. The number of nitrogens with zero attached hydrogens (tertiary/aromatic N) is 2. The van der Waals surface area contributed by atoms with Crippen LogP contribution in [-0.4, -0.2) is 54.2 Å². The smallest absolute Gasteiger partial charge is 0.428 e. The zero-order chi connectivity index (χ0) is 23.6. The number of carbonyl (C=O) groups is 3. The quantitative estimate of drug-likeness (QED) is 0.248. The maximum atomic E-state index is 13.1. The normalized spacial score (nSPS) is 15.3. The molecule has 0 spiro atoms. The number of sulfonamides is 1. The number of unbranched alkanes of at least 4 members (excludes halogenated alkanes) is 3. The van der Waals surface area contributed by atoms with Crippen molar-refractivity contribution in [2.24, 2.45) is 0 Å². The van der Waals surface area contributed by atoms with Gasteiger partial charge in [-0.3, -0.25) is 14.4 Å². The monoisotopic (exact) mass is 468 g/mol. The summed E-state index contributed by atoms with van der Waals surface area (Å²) in [5.41, 5.74) is 0.851. The zero-order valence-electron chi connectivity index (χ0n) is 18.7. The minimum absolute atomic E-state index is 0.0358. The van der Waals surface area contributed by atoms with Gasteiger partial charge in [0.15, 0.2) is 0 Å². The van der Waals surface area contributed by atoms with Crippen molar-refractivity contribution in [2.45, 2.75) is 71.4 Å². The van der Waals surface area contributed by atoms with Gasteiger partial charge in [0.1, 0.15) is 11.9 Å². The fraction of sp³-hybridized carbons (Fsp3) is 0.591. The molecule has 2 rings (SSSR count). The van der Waals surface area contributed by atoms with E-state index in [-0.39, 0.29) is 25.9 Å². The first kappa shape index (κ1) is 25.8. The highest BCUT2D eigenvalue weighted by molar-refractivity contribution is 7.89. The highest BCUT2D eigenvalue weighted by atomic mass is 32.2. The molecular formula is C22H32N2O7S. The Morgan fingerprint density at radius 3 is 2.31 bits per heavy atom. The standard InChI is InChI=1S/C22H32N2O7S/c1-3-5-6-10-13-19(30-22(27)31-24-20(25)14-15-21(24)26)17-32(28,29)23(4-2)16-18-11-8-7-9-12-18/h7-9,11-12,19H,3-6,10,13-17H2,1-2H3. The number of hydroxylamine groups is 2. The van der Waals surface area contributed by atoms with E-state index < -0.39 is 39.8 Å². The van der Waals surface area contributed by atoms with Crippen molar-refractivity contribution >= 4 is 28.0 Å². The largest absolute Gasteiger partial charge is 0.534 e. The van der Waals surface area contributed by atoms with Crippen LogP contribution >= 0.6 is 0 Å². The third kappa shape index (κ3) is 7.90. The van der Waals surface area contributed by atoms with E-state index in [1.54, 1.807) is 6.92 Å². The zero-order valence-corrected chi connectivity index (χ0v) is 19.5. The van der Waals surface area contributed by atoms with Gasteiger partial charge in [-0.1, -0.05) is 68.5 Å². The molecule has 0 bridgehead atoms. The third-order valence-electron chi connectivity index (χ3n) is 5.16. The van der Waals surface area contributed by atoms with Crippen molar-refractivity contribution in [1.29, 1.82) is 0 Å². The van der Waals surface area contributed by atoms with Crippen molar-refractivity contribution < 1.29 is 32.4 Å². The molecule has 1 atom stereocenters. The number of carbonyl (C=O) groups excluding carboxylic acids is 3. The number of imide groups is 1. The van der Waals surface area contributed by atoms with Crippen LogP contribution in [0.1, 0.15) is 64.4 Å². The van der Waals surface area contributed by atoms with Gasteiger partial charge >= 0.3 is 6.16 Å². The molecule has 1 aromatic rings. The van der Waals surface area contributed by atoms with Crippen LogP contribution in [-0.2, 0) is 35.7 Å². The van der Waals surface area contributed by atoms with E-state index in [4.69, 9.17) is 9.57 Å². The van der Waals surface area contributed by atoms with Crippen molar-refractivity contribution in [3.8, 4) is 0 Å². The van der Waals surface area contributed by atoms with Gasteiger partial charge in [0.2, 0.25) is 10.0 Å². The minimum Gasteiger partial charge on any atom is -0.428 e. The Hall–Kier alpha value is -2.46. The Morgan fingerprint density at radius 1 is 1.06 bits per heavy atom. The summed E-state index contributed by atoms with van der Waals surface area (Å²) in [6.07, 6.45) is 1.58. The summed E-state index contributed by atoms with van der Waals surface area (Å²) in [5, 5.41) is 0.388. The molecular weight excluding hydrogens is 436 g/mol. The van der Waals surface area contributed by atoms with Gasteiger partial charge in [0.05, 0.1) is 0 Å². The average molecular weight is 469 g/mol. The molecule has 9 nitrogen and oxygen atoms in total. The fourth-order valence-electron chi connectivity index (χ4n) is 3.40. The van der Waals surface area contributed by atoms with E-state index in [9.17, 15) is 22.8 Å². The molecule has 1 unspecified atom stereocenters. The topological polar surface area (TPSA) is 110 Å². The molecule has 1 fully saturated rings. The van der Waals surface area contributed by atoms with E-state index in [1.165, 1.54) is 4.31 Å². The van der Waals surface area contributed by atoms with Gasteiger partial charge in [-0.2, -0.15) is 4.31 Å². The highest BCUT2D eigenvalue weighted by Crippen LogP contribution is 2.18. The molecule has 10 heteroatoms. The van der Waals surface area contributed by atoms with Gasteiger partial charge in [0.25, 0.3) is 11.8 Å². The number of ether oxygens (including phenoxy) is 1. The fourth-order valence-corrected chi connectivity index (χ4v) is 5.05. The highest BCUT2D eigenvalue weighted by Gasteiger charge is 2.35. The predicted octanol–water partition coefficient (Wildman–Crippen LogP) is 3.39. The molecule has 1 saturated heterocycles.